The second-order valence-corrected chi connectivity index (χ2v) is 8.74. The lowest BCUT2D eigenvalue weighted by Crippen LogP contribution is -2.38. The van der Waals surface area contributed by atoms with E-state index < -0.39 is 5.54 Å². The fourth-order valence-electron chi connectivity index (χ4n) is 5.02. The zero-order valence-corrected chi connectivity index (χ0v) is 19.8. The van der Waals surface area contributed by atoms with Crippen molar-refractivity contribution in [1.29, 1.82) is 0 Å². The molecule has 36 heavy (non-hydrogen) atoms. The van der Waals surface area contributed by atoms with Crippen molar-refractivity contribution in [2.75, 3.05) is 0 Å². The Morgan fingerprint density at radius 1 is 0.556 bits per heavy atom. The average molecular weight is 464 g/mol. The van der Waals surface area contributed by atoms with Gasteiger partial charge < -0.3 is 0 Å². The molecule has 4 aromatic carbocycles. The van der Waals surface area contributed by atoms with Crippen LogP contribution in [0.5, 0.6) is 0 Å². The van der Waals surface area contributed by atoms with E-state index in [-0.39, 0.29) is 0 Å². The number of rotatable bonds is 6. The Kier molecular flexibility index (Phi) is 5.72. The first-order chi connectivity index (χ1) is 17.9. The largest absolute Gasteiger partial charge is 0.264 e. The number of fused-ring (bicyclic) bond motifs is 1. The lowest BCUT2D eigenvalue weighted by molar-refractivity contribution is 0.475. The van der Waals surface area contributed by atoms with Gasteiger partial charge in [-0.05, 0) is 40.5 Å². The minimum atomic E-state index is -0.663. The van der Waals surface area contributed by atoms with Gasteiger partial charge in [0.25, 0.3) is 0 Å². The van der Waals surface area contributed by atoms with Crippen molar-refractivity contribution in [3.63, 3.8) is 0 Å². The number of aromatic nitrogens is 3. The van der Waals surface area contributed by atoms with Gasteiger partial charge >= 0.3 is 0 Å². The van der Waals surface area contributed by atoms with E-state index in [2.05, 4.69) is 137 Å². The Hall–Kier alpha value is -4.76. The summed E-state index contributed by atoms with van der Waals surface area (Å²) in [7, 11) is 0. The van der Waals surface area contributed by atoms with Crippen molar-refractivity contribution in [2.45, 2.75) is 5.54 Å². The number of hydrogen-bond acceptors (Lipinski definition) is 2. The second kappa shape index (κ2) is 9.47. The molecule has 0 saturated carbocycles. The maximum Gasteiger partial charge on any atom is 0.138 e. The highest BCUT2D eigenvalue weighted by Gasteiger charge is 2.40. The van der Waals surface area contributed by atoms with E-state index in [9.17, 15) is 0 Å². The molecule has 0 amide bonds. The maximum absolute atomic E-state index is 5.32. The Bertz CT molecular complexity index is 1510. The quantitative estimate of drug-likeness (QED) is 0.240. The van der Waals surface area contributed by atoms with Crippen LogP contribution >= 0.6 is 0 Å². The van der Waals surface area contributed by atoms with E-state index in [1.165, 1.54) is 0 Å². The van der Waals surface area contributed by atoms with E-state index >= 15 is 0 Å². The molecule has 0 aliphatic carbocycles. The van der Waals surface area contributed by atoms with Crippen LogP contribution in [-0.4, -0.2) is 14.8 Å². The zero-order chi connectivity index (χ0) is 24.2. The van der Waals surface area contributed by atoms with Gasteiger partial charge in [0.1, 0.15) is 5.54 Å². The smallest absolute Gasteiger partial charge is 0.138 e. The van der Waals surface area contributed by atoms with Crippen LogP contribution in [0.25, 0.3) is 23.1 Å². The van der Waals surface area contributed by atoms with Gasteiger partial charge in [-0.2, -0.15) is 5.10 Å². The van der Waals surface area contributed by atoms with E-state index in [4.69, 9.17) is 5.10 Å². The molecule has 2 heterocycles. The molecule has 0 saturated heterocycles. The number of benzene rings is 4. The summed E-state index contributed by atoms with van der Waals surface area (Å²) in [5.74, 6) is 0. The highest BCUT2D eigenvalue weighted by Crippen LogP contribution is 2.42. The van der Waals surface area contributed by atoms with Crippen LogP contribution in [0.3, 0.4) is 0 Å². The third kappa shape index (κ3) is 3.71. The standard InChI is InChI=1S/C33H25N3/c1-4-14-27(15-5-1)33(28-16-6-2-7-17-28,29-18-8-3-9-19-29)36-32-21-11-10-20-30(32)31(35-36)23-22-26-13-12-24-34-25-26/h1-25H/b23-22+. The van der Waals surface area contributed by atoms with Crippen LogP contribution in [-0.2, 0) is 5.54 Å². The van der Waals surface area contributed by atoms with Gasteiger partial charge in [0.05, 0.1) is 11.2 Å². The normalized spacial score (nSPS) is 11.8. The first-order valence-corrected chi connectivity index (χ1v) is 12.1. The summed E-state index contributed by atoms with van der Waals surface area (Å²) in [6, 6.07) is 44.4. The summed E-state index contributed by atoms with van der Waals surface area (Å²) in [6.07, 6.45) is 7.80. The predicted molar refractivity (Wildman–Crippen MR) is 148 cm³/mol. The van der Waals surface area contributed by atoms with Crippen molar-refractivity contribution in [3.05, 3.63) is 168 Å². The highest BCUT2D eigenvalue weighted by molar-refractivity contribution is 5.90. The molecular weight excluding hydrogens is 438 g/mol. The van der Waals surface area contributed by atoms with Crippen molar-refractivity contribution >= 4 is 23.1 Å². The van der Waals surface area contributed by atoms with Crippen LogP contribution in [0, 0.1) is 0 Å². The molecule has 6 aromatic rings. The molecule has 0 unspecified atom stereocenters. The third-order valence-corrected chi connectivity index (χ3v) is 6.63. The molecule has 0 atom stereocenters. The van der Waals surface area contributed by atoms with Gasteiger partial charge in [-0.1, -0.05) is 121 Å². The van der Waals surface area contributed by atoms with Crippen molar-refractivity contribution in [1.82, 2.24) is 14.8 Å². The first-order valence-electron chi connectivity index (χ1n) is 12.1. The van der Waals surface area contributed by atoms with Crippen LogP contribution < -0.4 is 0 Å². The minimum absolute atomic E-state index is 0.663. The fraction of sp³-hybridized carbons (Fsp3) is 0.0303. The molecule has 6 rings (SSSR count). The summed E-state index contributed by atoms with van der Waals surface area (Å²) in [5.41, 5.74) is 5.82. The summed E-state index contributed by atoms with van der Waals surface area (Å²) in [6.45, 7) is 0. The molecule has 2 aromatic heterocycles. The van der Waals surface area contributed by atoms with Crippen LogP contribution in [0.4, 0.5) is 0 Å². The minimum Gasteiger partial charge on any atom is -0.264 e. The molecule has 0 bridgehead atoms. The van der Waals surface area contributed by atoms with Gasteiger partial charge in [0.2, 0.25) is 0 Å². The monoisotopic (exact) mass is 463 g/mol. The molecule has 0 spiro atoms. The van der Waals surface area contributed by atoms with E-state index in [0.717, 1.165) is 38.9 Å². The molecule has 0 fully saturated rings. The van der Waals surface area contributed by atoms with Crippen molar-refractivity contribution in [3.8, 4) is 0 Å². The molecule has 3 nitrogen and oxygen atoms in total. The zero-order valence-electron chi connectivity index (χ0n) is 19.8. The van der Waals surface area contributed by atoms with Crippen LogP contribution in [0.1, 0.15) is 27.9 Å². The fourth-order valence-corrected chi connectivity index (χ4v) is 5.02. The van der Waals surface area contributed by atoms with Crippen LogP contribution in [0.2, 0.25) is 0 Å². The highest BCUT2D eigenvalue weighted by atomic mass is 15.3. The molecule has 172 valence electrons. The lowest BCUT2D eigenvalue weighted by atomic mass is 9.77. The van der Waals surface area contributed by atoms with Gasteiger partial charge in [-0.15, -0.1) is 0 Å². The van der Waals surface area contributed by atoms with Crippen molar-refractivity contribution in [2.24, 2.45) is 0 Å². The average Bonchev–Trinajstić information content (AvgIpc) is 3.34. The molecule has 0 aliphatic rings. The number of hydrogen-bond donors (Lipinski definition) is 0. The summed E-state index contributed by atoms with van der Waals surface area (Å²) < 4.78 is 2.20. The van der Waals surface area contributed by atoms with Crippen molar-refractivity contribution < 1.29 is 0 Å². The molecule has 0 aliphatic heterocycles. The van der Waals surface area contributed by atoms with Gasteiger partial charge in [-0.3, -0.25) is 4.98 Å². The predicted octanol–water partition coefficient (Wildman–Crippen LogP) is 7.44. The first kappa shape index (κ1) is 21.8. The lowest BCUT2D eigenvalue weighted by Gasteiger charge is -2.37. The SMILES string of the molecule is C(=C\c1nn(C(c2ccccc2)(c2ccccc2)c2ccccc2)c2ccccc12)/c1cccnc1. The third-order valence-electron chi connectivity index (χ3n) is 6.63. The second-order valence-electron chi connectivity index (χ2n) is 8.74. The number of pyridine rings is 1. The Labute approximate surface area is 211 Å². The topological polar surface area (TPSA) is 30.7 Å². The molecular formula is C33H25N3. The molecule has 0 N–H and O–H groups in total. The van der Waals surface area contributed by atoms with E-state index in [0.29, 0.717) is 0 Å². The summed E-state index contributed by atoms with van der Waals surface area (Å²) in [4.78, 5) is 4.25. The Morgan fingerprint density at radius 3 is 1.67 bits per heavy atom. The van der Waals surface area contributed by atoms with Gasteiger partial charge in [-0.25, -0.2) is 4.68 Å². The van der Waals surface area contributed by atoms with E-state index in [1.54, 1.807) is 6.20 Å². The maximum atomic E-state index is 5.32. The molecule has 3 heteroatoms. The Morgan fingerprint density at radius 2 is 1.11 bits per heavy atom. The van der Waals surface area contributed by atoms with Gasteiger partial charge in [0.15, 0.2) is 0 Å². The number of nitrogens with zero attached hydrogens (tertiary/aromatic N) is 3. The summed E-state index contributed by atoms with van der Waals surface area (Å²) in [5, 5.41) is 6.42. The number of para-hydroxylation sites is 1. The van der Waals surface area contributed by atoms with E-state index in [1.807, 2.05) is 18.3 Å². The molecule has 0 radical (unpaired) electrons. The van der Waals surface area contributed by atoms with Gasteiger partial charge in [0, 0.05) is 17.8 Å². The summed E-state index contributed by atoms with van der Waals surface area (Å²) >= 11 is 0. The van der Waals surface area contributed by atoms with Crippen LogP contribution in [0.15, 0.2) is 140 Å². The Balaban J connectivity index is 1.69.